The Morgan fingerprint density at radius 2 is 1.89 bits per heavy atom. The molecule has 0 saturated carbocycles. The highest BCUT2D eigenvalue weighted by atomic mass is 32.1. The lowest BCUT2D eigenvalue weighted by molar-refractivity contribution is 0.0950. The Kier molecular flexibility index (Phi) is 4.41. The third-order valence-electron chi connectivity index (χ3n) is 2.65. The van der Waals surface area contributed by atoms with E-state index in [-0.39, 0.29) is 5.91 Å². The van der Waals surface area contributed by atoms with Crippen LogP contribution in [0.4, 0.5) is 0 Å². The first-order valence-electron chi connectivity index (χ1n) is 5.75. The number of thiophene rings is 1. The molecule has 5 heteroatoms. The highest BCUT2D eigenvalue weighted by Gasteiger charge is 2.09. The van der Waals surface area contributed by atoms with Crippen LogP contribution in [-0.4, -0.2) is 20.1 Å². The van der Waals surface area contributed by atoms with Crippen molar-refractivity contribution in [1.29, 1.82) is 0 Å². The van der Waals surface area contributed by atoms with Crippen LogP contribution in [0.1, 0.15) is 15.9 Å². The molecule has 0 saturated heterocycles. The molecule has 4 nitrogen and oxygen atoms in total. The second kappa shape index (κ2) is 6.24. The van der Waals surface area contributed by atoms with Crippen molar-refractivity contribution in [3.05, 3.63) is 46.2 Å². The van der Waals surface area contributed by atoms with Gasteiger partial charge in [0.25, 0.3) is 5.91 Å². The van der Waals surface area contributed by atoms with E-state index in [2.05, 4.69) is 5.32 Å². The van der Waals surface area contributed by atoms with Crippen molar-refractivity contribution in [1.82, 2.24) is 5.32 Å². The molecule has 0 atom stereocenters. The molecular weight excluding hydrogens is 262 g/mol. The van der Waals surface area contributed by atoms with E-state index in [1.807, 2.05) is 16.8 Å². The molecule has 1 amide bonds. The predicted octanol–water partition coefficient (Wildman–Crippen LogP) is 2.70. The predicted molar refractivity (Wildman–Crippen MR) is 75.0 cm³/mol. The van der Waals surface area contributed by atoms with E-state index < -0.39 is 0 Å². The van der Waals surface area contributed by atoms with Crippen molar-refractivity contribution in [2.24, 2.45) is 0 Å². The Hall–Kier alpha value is -2.01. The monoisotopic (exact) mass is 277 g/mol. The largest absolute Gasteiger partial charge is 0.497 e. The molecule has 0 fully saturated rings. The first-order valence-corrected chi connectivity index (χ1v) is 6.69. The molecule has 0 unspecified atom stereocenters. The Bertz CT molecular complexity index is 530. The molecule has 2 rings (SSSR count). The Morgan fingerprint density at radius 1 is 1.21 bits per heavy atom. The van der Waals surface area contributed by atoms with Gasteiger partial charge in [0, 0.05) is 18.2 Å². The highest BCUT2D eigenvalue weighted by molar-refractivity contribution is 7.07. The zero-order chi connectivity index (χ0) is 13.7. The first kappa shape index (κ1) is 13.4. The van der Waals surface area contributed by atoms with Crippen LogP contribution in [0.3, 0.4) is 0 Å². The fraction of sp³-hybridized carbons (Fsp3) is 0.214. The lowest BCUT2D eigenvalue weighted by Gasteiger charge is -2.08. The smallest absolute Gasteiger partial charge is 0.251 e. The van der Waals surface area contributed by atoms with Crippen molar-refractivity contribution in [2.75, 3.05) is 14.2 Å². The number of benzene rings is 1. The molecular formula is C14H15NO3S. The average Bonchev–Trinajstić information content (AvgIpc) is 2.97. The molecule has 19 heavy (non-hydrogen) atoms. The van der Waals surface area contributed by atoms with Gasteiger partial charge in [-0.2, -0.15) is 11.3 Å². The molecule has 1 aromatic carbocycles. The minimum atomic E-state index is -0.150. The SMILES string of the molecule is COc1cc(OC)cc(C(=O)NCc2ccsc2)c1. The van der Waals surface area contributed by atoms with Crippen LogP contribution >= 0.6 is 11.3 Å². The standard InChI is InChI=1S/C14H15NO3S/c1-17-12-5-11(6-13(7-12)18-2)14(16)15-8-10-3-4-19-9-10/h3-7,9H,8H2,1-2H3,(H,15,16). The van der Waals surface area contributed by atoms with Crippen LogP contribution in [0.5, 0.6) is 11.5 Å². The van der Waals surface area contributed by atoms with Crippen molar-refractivity contribution in [3.8, 4) is 11.5 Å². The number of hydrogen-bond acceptors (Lipinski definition) is 4. The number of rotatable bonds is 5. The van der Waals surface area contributed by atoms with Gasteiger partial charge in [-0.1, -0.05) is 0 Å². The Labute approximate surface area is 116 Å². The number of ether oxygens (including phenoxy) is 2. The van der Waals surface area contributed by atoms with Crippen molar-refractivity contribution >= 4 is 17.2 Å². The van der Waals surface area contributed by atoms with E-state index in [0.29, 0.717) is 23.6 Å². The lowest BCUT2D eigenvalue weighted by atomic mass is 10.2. The van der Waals surface area contributed by atoms with Gasteiger partial charge in [0.15, 0.2) is 0 Å². The topological polar surface area (TPSA) is 47.6 Å². The summed E-state index contributed by atoms with van der Waals surface area (Å²) in [5, 5.41) is 6.85. The normalized spacial score (nSPS) is 10.0. The third kappa shape index (κ3) is 3.48. The Balaban J connectivity index is 2.09. The molecule has 0 aliphatic rings. The van der Waals surface area contributed by atoms with E-state index in [0.717, 1.165) is 5.56 Å². The summed E-state index contributed by atoms with van der Waals surface area (Å²) in [5.74, 6) is 1.04. The number of nitrogens with one attached hydrogen (secondary N) is 1. The maximum Gasteiger partial charge on any atom is 0.251 e. The van der Waals surface area contributed by atoms with Crippen LogP contribution in [-0.2, 0) is 6.54 Å². The summed E-state index contributed by atoms with van der Waals surface area (Å²) in [6, 6.07) is 7.09. The van der Waals surface area contributed by atoms with Crippen molar-refractivity contribution < 1.29 is 14.3 Å². The van der Waals surface area contributed by atoms with Gasteiger partial charge in [0.2, 0.25) is 0 Å². The van der Waals surface area contributed by atoms with Gasteiger partial charge in [-0.3, -0.25) is 4.79 Å². The maximum absolute atomic E-state index is 12.1. The number of amides is 1. The summed E-state index contributed by atoms with van der Waals surface area (Å²) in [4.78, 5) is 12.1. The molecule has 0 aliphatic carbocycles. The van der Waals surface area contributed by atoms with Crippen LogP contribution in [0, 0.1) is 0 Å². The van der Waals surface area contributed by atoms with Crippen LogP contribution in [0.25, 0.3) is 0 Å². The summed E-state index contributed by atoms with van der Waals surface area (Å²) in [7, 11) is 3.11. The molecule has 1 aromatic heterocycles. The van der Waals surface area contributed by atoms with E-state index in [9.17, 15) is 4.79 Å². The highest BCUT2D eigenvalue weighted by Crippen LogP contribution is 2.22. The van der Waals surface area contributed by atoms with Crippen molar-refractivity contribution in [3.63, 3.8) is 0 Å². The van der Waals surface area contributed by atoms with E-state index >= 15 is 0 Å². The summed E-state index contributed by atoms with van der Waals surface area (Å²) < 4.78 is 10.3. The van der Waals surface area contributed by atoms with E-state index in [4.69, 9.17) is 9.47 Å². The second-order valence-electron chi connectivity index (χ2n) is 3.92. The van der Waals surface area contributed by atoms with Crippen molar-refractivity contribution in [2.45, 2.75) is 6.54 Å². The van der Waals surface area contributed by atoms with E-state index in [1.165, 1.54) is 0 Å². The number of hydrogen-bond donors (Lipinski definition) is 1. The van der Waals surface area contributed by atoms with Gasteiger partial charge >= 0.3 is 0 Å². The van der Waals surface area contributed by atoms with Gasteiger partial charge in [0.1, 0.15) is 11.5 Å². The van der Waals surface area contributed by atoms with Gasteiger partial charge in [-0.05, 0) is 34.5 Å². The van der Waals surface area contributed by atoms with Crippen LogP contribution in [0.2, 0.25) is 0 Å². The maximum atomic E-state index is 12.1. The zero-order valence-corrected chi connectivity index (χ0v) is 11.6. The van der Waals surface area contributed by atoms with Gasteiger partial charge in [0.05, 0.1) is 14.2 Å². The van der Waals surface area contributed by atoms with Gasteiger partial charge in [-0.25, -0.2) is 0 Å². The number of carbonyl (C=O) groups is 1. The molecule has 2 aromatic rings. The molecule has 1 N–H and O–H groups in total. The minimum absolute atomic E-state index is 0.150. The van der Waals surface area contributed by atoms with Crippen LogP contribution in [0.15, 0.2) is 35.0 Å². The molecule has 0 aliphatic heterocycles. The fourth-order valence-electron chi connectivity index (χ4n) is 1.62. The first-order chi connectivity index (χ1) is 9.22. The number of carbonyl (C=O) groups excluding carboxylic acids is 1. The summed E-state index contributed by atoms with van der Waals surface area (Å²) in [6.07, 6.45) is 0. The fourth-order valence-corrected chi connectivity index (χ4v) is 2.28. The zero-order valence-electron chi connectivity index (χ0n) is 10.8. The van der Waals surface area contributed by atoms with Crippen LogP contribution < -0.4 is 14.8 Å². The molecule has 0 radical (unpaired) electrons. The summed E-state index contributed by atoms with van der Waals surface area (Å²) in [6.45, 7) is 0.516. The summed E-state index contributed by atoms with van der Waals surface area (Å²) >= 11 is 1.61. The third-order valence-corrected chi connectivity index (χ3v) is 3.38. The quantitative estimate of drug-likeness (QED) is 0.914. The van der Waals surface area contributed by atoms with Gasteiger partial charge in [-0.15, -0.1) is 0 Å². The average molecular weight is 277 g/mol. The molecule has 100 valence electrons. The molecule has 0 bridgehead atoms. The Morgan fingerprint density at radius 3 is 2.42 bits per heavy atom. The second-order valence-corrected chi connectivity index (χ2v) is 4.70. The lowest BCUT2D eigenvalue weighted by Crippen LogP contribution is -2.22. The molecule has 0 spiro atoms. The van der Waals surface area contributed by atoms with E-state index in [1.54, 1.807) is 43.8 Å². The molecule has 1 heterocycles. The minimum Gasteiger partial charge on any atom is -0.497 e. The number of methoxy groups -OCH3 is 2. The summed E-state index contributed by atoms with van der Waals surface area (Å²) in [5.41, 5.74) is 1.61. The van der Waals surface area contributed by atoms with Gasteiger partial charge < -0.3 is 14.8 Å².